The van der Waals surface area contributed by atoms with Gasteiger partial charge in [0.2, 0.25) is 0 Å². The van der Waals surface area contributed by atoms with Gasteiger partial charge in [0, 0.05) is 12.2 Å². The number of esters is 2. The van der Waals surface area contributed by atoms with Gasteiger partial charge in [-0.25, -0.2) is 4.79 Å². The Balaban J connectivity index is 2.90. The number of hydrogen-bond acceptors (Lipinski definition) is 6. The molecule has 0 bridgehead atoms. The summed E-state index contributed by atoms with van der Waals surface area (Å²) in [6.07, 6.45) is -0.00422. The molecular weight excluding hydrogens is 316 g/mol. The molecule has 0 aromatic heterocycles. The first-order valence-corrected chi connectivity index (χ1v) is 7.91. The summed E-state index contributed by atoms with van der Waals surface area (Å²) in [7, 11) is 0. The van der Waals surface area contributed by atoms with Crippen molar-refractivity contribution in [1.82, 2.24) is 0 Å². The second kappa shape index (κ2) is 8.15. The summed E-state index contributed by atoms with van der Waals surface area (Å²) >= 11 is 4.03. The Labute approximate surface area is 141 Å². The number of benzene rings is 1. The third-order valence-electron chi connectivity index (χ3n) is 2.80. The van der Waals surface area contributed by atoms with Gasteiger partial charge in [0.15, 0.2) is 0 Å². The van der Waals surface area contributed by atoms with E-state index in [1.165, 1.54) is 13.0 Å². The quantitative estimate of drug-likeness (QED) is 0.490. The smallest absolute Gasteiger partial charge is 0.349 e. The molecule has 0 fully saturated rings. The highest BCUT2D eigenvalue weighted by atomic mass is 32.1. The molecule has 0 aliphatic heterocycles. The minimum absolute atomic E-state index is 0.00422. The topological polar surface area (TPSA) is 69.7 Å². The van der Waals surface area contributed by atoms with Gasteiger partial charge < -0.3 is 14.3 Å². The lowest BCUT2D eigenvalue weighted by Crippen LogP contribution is -2.26. The fourth-order valence-electron chi connectivity index (χ4n) is 1.85. The largest absolute Gasteiger partial charge is 0.487 e. The molecule has 0 aliphatic carbocycles. The molecule has 1 unspecified atom stereocenters. The van der Waals surface area contributed by atoms with Crippen LogP contribution in [0, 0.1) is 5.92 Å². The maximum Gasteiger partial charge on any atom is 0.349 e. The van der Waals surface area contributed by atoms with Gasteiger partial charge in [-0.05, 0) is 39.8 Å². The minimum atomic E-state index is -0.801. The average molecular weight is 338 g/mol. The van der Waals surface area contributed by atoms with Crippen LogP contribution in [-0.2, 0) is 14.3 Å². The summed E-state index contributed by atoms with van der Waals surface area (Å²) in [6.45, 7) is 6.93. The van der Waals surface area contributed by atoms with Gasteiger partial charge in [0.05, 0.1) is 5.92 Å². The number of ether oxygens (including phenoxy) is 2. The Kier molecular flexibility index (Phi) is 6.81. The zero-order valence-corrected chi connectivity index (χ0v) is 14.7. The summed E-state index contributed by atoms with van der Waals surface area (Å²) in [5, 5.41) is 0. The molecule has 0 saturated heterocycles. The molecule has 126 valence electrons. The summed E-state index contributed by atoms with van der Waals surface area (Å²) in [5.41, 5.74) is -0.334. The fourth-order valence-corrected chi connectivity index (χ4v) is 2.13. The van der Waals surface area contributed by atoms with E-state index in [0.717, 1.165) is 0 Å². The standard InChI is InChI=1S/C17H22O5S/c1-11(18)9-12(10-23)15(19)21-16(20)13-7-5-6-8-14(13)22-17(2,3)4/h5-8,12,23H,9-10H2,1-4H3. The first-order valence-electron chi connectivity index (χ1n) is 7.28. The molecule has 0 spiro atoms. The van der Waals surface area contributed by atoms with Crippen LogP contribution in [0.3, 0.4) is 0 Å². The van der Waals surface area contributed by atoms with Gasteiger partial charge in [-0.1, -0.05) is 12.1 Å². The highest BCUT2D eigenvalue weighted by Crippen LogP contribution is 2.24. The summed E-state index contributed by atoms with van der Waals surface area (Å²) in [6, 6.07) is 6.55. The zero-order valence-electron chi connectivity index (χ0n) is 13.8. The number of Topliss-reactive ketones (excluding diaryl/α,β-unsaturated/α-hetero) is 1. The van der Waals surface area contributed by atoms with E-state index in [-0.39, 0.29) is 23.5 Å². The number of hydrogen-bond donors (Lipinski definition) is 1. The van der Waals surface area contributed by atoms with Crippen molar-refractivity contribution in [2.24, 2.45) is 5.92 Å². The summed E-state index contributed by atoms with van der Waals surface area (Å²) in [4.78, 5) is 35.4. The van der Waals surface area contributed by atoms with Crippen LogP contribution in [0.25, 0.3) is 0 Å². The van der Waals surface area contributed by atoms with Crippen LogP contribution in [0.5, 0.6) is 5.75 Å². The van der Waals surface area contributed by atoms with Crippen LogP contribution >= 0.6 is 12.6 Å². The highest BCUT2D eigenvalue weighted by molar-refractivity contribution is 7.80. The second-order valence-electron chi connectivity index (χ2n) is 6.20. The summed E-state index contributed by atoms with van der Waals surface area (Å²) < 4.78 is 10.6. The van der Waals surface area contributed by atoms with E-state index in [1.54, 1.807) is 18.2 Å². The van der Waals surface area contributed by atoms with E-state index in [9.17, 15) is 14.4 Å². The maximum absolute atomic E-state index is 12.2. The van der Waals surface area contributed by atoms with Crippen molar-refractivity contribution in [1.29, 1.82) is 0 Å². The fraction of sp³-hybridized carbons (Fsp3) is 0.471. The second-order valence-corrected chi connectivity index (χ2v) is 6.57. The van der Waals surface area contributed by atoms with Crippen LogP contribution in [0.15, 0.2) is 24.3 Å². The van der Waals surface area contributed by atoms with Crippen molar-refractivity contribution >= 4 is 30.4 Å². The average Bonchev–Trinajstić information content (AvgIpc) is 2.43. The number of carbonyl (C=O) groups excluding carboxylic acids is 3. The number of carbonyl (C=O) groups is 3. The van der Waals surface area contributed by atoms with Gasteiger partial charge in [-0.2, -0.15) is 12.6 Å². The molecule has 23 heavy (non-hydrogen) atoms. The zero-order chi connectivity index (χ0) is 17.6. The first kappa shape index (κ1) is 19.2. The van der Waals surface area contributed by atoms with Crippen LogP contribution in [-0.4, -0.2) is 29.1 Å². The SMILES string of the molecule is CC(=O)CC(CS)C(=O)OC(=O)c1ccccc1OC(C)(C)C. The van der Waals surface area contributed by atoms with Crippen molar-refractivity contribution < 1.29 is 23.9 Å². The van der Waals surface area contributed by atoms with E-state index in [1.807, 2.05) is 20.8 Å². The lowest BCUT2D eigenvalue weighted by atomic mass is 10.1. The van der Waals surface area contributed by atoms with Crippen molar-refractivity contribution in [2.45, 2.75) is 39.7 Å². The predicted octanol–water partition coefficient (Wildman–Crippen LogP) is 3.07. The van der Waals surface area contributed by atoms with Crippen LogP contribution in [0.1, 0.15) is 44.5 Å². The summed E-state index contributed by atoms with van der Waals surface area (Å²) in [5.74, 6) is -1.99. The van der Waals surface area contributed by atoms with E-state index >= 15 is 0 Å². The molecule has 0 amide bonds. The van der Waals surface area contributed by atoms with E-state index < -0.39 is 23.5 Å². The van der Waals surface area contributed by atoms with Gasteiger partial charge >= 0.3 is 11.9 Å². The van der Waals surface area contributed by atoms with E-state index in [2.05, 4.69) is 12.6 Å². The van der Waals surface area contributed by atoms with Crippen LogP contribution < -0.4 is 4.74 Å². The molecule has 0 N–H and O–H groups in total. The normalized spacial score (nSPS) is 12.4. The molecule has 1 aromatic rings. The van der Waals surface area contributed by atoms with Crippen LogP contribution in [0.2, 0.25) is 0 Å². The number of ketones is 1. The van der Waals surface area contributed by atoms with E-state index in [4.69, 9.17) is 9.47 Å². The number of rotatable bonds is 6. The third-order valence-corrected chi connectivity index (χ3v) is 3.24. The molecule has 1 aromatic carbocycles. The van der Waals surface area contributed by atoms with E-state index in [0.29, 0.717) is 5.75 Å². The number of para-hydroxylation sites is 1. The van der Waals surface area contributed by atoms with Crippen molar-refractivity contribution in [2.75, 3.05) is 5.75 Å². The Morgan fingerprint density at radius 3 is 2.30 bits per heavy atom. The van der Waals surface area contributed by atoms with Crippen LogP contribution in [0.4, 0.5) is 0 Å². The highest BCUT2D eigenvalue weighted by Gasteiger charge is 2.26. The van der Waals surface area contributed by atoms with Crippen molar-refractivity contribution in [3.8, 4) is 5.75 Å². The Morgan fingerprint density at radius 2 is 1.78 bits per heavy atom. The molecular formula is C17H22O5S. The molecule has 6 heteroatoms. The number of thiol groups is 1. The van der Waals surface area contributed by atoms with Crippen molar-refractivity contribution in [3.63, 3.8) is 0 Å². The monoisotopic (exact) mass is 338 g/mol. The van der Waals surface area contributed by atoms with Crippen molar-refractivity contribution in [3.05, 3.63) is 29.8 Å². The molecule has 0 saturated carbocycles. The Morgan fingerprint density at radius 1 is 1.17 bits per heavy atom. The van der Waals surface area contributed by atoms with Gasteiger partial charge in [-0.15, -0.1) is 0 Å². The molecule has 1 atom stereocenters. The van der Waals surface area contributed by atoms with Gasteiger partial charge in [-0.3, -0.25) is 4.79 Å². The molecule has 5 nitrogen and oxygen atoms in total. The van der Waals surface area contributed by atoms with Gasteiger partial charge in [0.1, 0.15) is 22.7 Å². The predicted molar refractivity (Wildman–Crippen MR) is 89.9 cm³/mol. The molecule has 0 radical (unpaired) electrons. The maximum atomic E-state index is 12.2. The first-order chi connectivity index (χ1) is 10.6. The molecule has 0 aliphatic rings. The lowest BCUT2D eigenvalue weighted by molar-refractivity contribution is -0.143. The molecule has 0 heterocycles. The minimum Gasteiger partial charge on any atom is -0.487 e. The lowest BCUT2D eigenvalue weighted by Gasteiger charge is -2.22. The third kappa shape index (κ3) is 6.44. The Bertz CT molecular complexity index is 589. The molecule has 1 rings (SSSR count). The Hall–Kier alpha value is -1.82. The van der Waals surface area contributed by atoms with Gasteiger partial charge in [0.25, 0.3) is 0 Å².